The molecule has 0 unspecified atom stereocenters. The number of nitrogens with zero attached hydrogens (tertiary/aromatic N) is 3. The molecule has 2 rings (SSSR count). The molecule has 0 radical (unpaired) electrons. The highest BCUT2D eigenvalue weighted by molar-refractivity contribution is 7.13. The van der Waals surface area contributed by atoms with E-state index < -0.39 is 11.9 Å². The van der Waals surface area contributed by atoms with Gasteiger partial charge in [-0.1, -0.05) is 0 Å². The number of anilines is 1. The van der Waals surface area contributed by atoms with Gasteiger partial charge in [0, 0.05) is 24.5 Å². The molecule has 0 aliphatic carbocycles. The lowest BCUT2D eigenvalue weighted by atomic mass is 10.0. The van der Waals surface area contributed by atoms with Crippen LogP contribution in [0.4, 0.5) is 18.3 Å². The molecule has 1 saturated heterocycles. The molecule has 102 valence electrons. The van der Waals surface area contributed by atoms with E-state index in [0.717, 1.165) is 42.6 Å². The van der Waals surface area contributed by atoms with Crippen molar-refractivity contribution in [2.75, 3.05) is 32.1 Å². The molecule has 1 aliphatic heterocycles. The Morgan fingerprint density at radius 3 is 2.39 bits per heavy atom. The van der Waals surface area contributed by atoms with Crippen molar-refractivity contribution >= 4 is 16.5 Å². The third-order valence-electron chi connectivity index (χ3n) is 3.25. The minimum atomic E-state index is -4.34. The van der Waals surface area contributed by atoms with Crippen LogP contribution < -0.4 is 4.90 Å². The highest BCUT2D eigenvalue weighted by Crippen LogP contribution is 2.33. The van der Waals surface area contributed by atoms with Gasteiger partial charge in [0.25, 0.3) is 0 Å². The van der Waals surface area contributed by atoms with Crippen molar-refractivity contribution in [2.24, 2.45) is 0 Å². The summed E-state index contributed by atoms with van der Waals surface area (Å²) < 4.78 is 37.4. The first-order valence-electron chi connectivity index (χ1n) is 5.82. The average molecular weight is 279 g/mol. The SMILES string of the molecule is CN(C)C1CCN(c2nc(C(F)(F)F)cs2)CC1. The zero-order valence-electron chi connectivity index (χ0n) is 10.4. The molecule has 18 heavy (non-hydrogen) atoms. The maximum atomic E-state index is 12.5. The zero-order valence-corrected chi connectivity index (χ0v) is 11.2. The Bertz CT molecular complexity index is 394. The second-order valence-electron chi connectivity index (χ2n) is 4.69. The lowest BCUT2D eigenvalue weighted by molar-refractivity contribution is -0.140. The van der Waals surface area contributed by atoms with Gasteiger partial charge in [0.15, 0.2) is 10.8 Å². The summed E-state index contributed by atoms with van der Waals surface area (Å²) in [6, 6.07) is 0.517. The fourth-order valence-electron chi connectivity index (χ4n) is 2.11. The summed E-state index contributed by atoms with van der Waals surface area (Å²) >= 11 is 1.07. The third-order valence-corrected chi connectivity index (χ3v) is 4.15. The molecule has 0 atom stereocenters. The molecule has 3 nitrogen and oxygen atoms in total. The molecule has 0 aromatic carbocycles. The number of alkyl halides is 3. The molecular formula is C11H16F3N3S. The number of hydrogen-bond acceptors (Lipinski definition) is 4. The van der Waals surface area contributed by atoms with Crippen LogP contribution >= 0.6 is 11.3 Å². The number of hydrogen-bond donors (Lipinski definition) is 0. The van der Waals surface area contributed by atoms with Gasteiger partial charge in [0.2, 0.25) is 0 Å². The topological polar surface area (TPSA) is 19.4 Å². The Labute approximate surface area is 108 Å². The lowest BCUT2D eigenvalue weighted by Crippen LogP contribution is -2.42. The Morgan fingerprint density at radius 2 is 1.94 bits per heavy atom. The number of halogens is 3. The Balaban J connectivity index is 2.00. The van der Waals surface area contributed by atoms with Gasteiger partial charge >= 0.3 is 6.18 Å². The maximum absolute atomic E-state index is 12.5. The van der Waals surface area contributed by atoms with Crippen LogP contribution in [0.2, 0.25) is 0 Å². The first-order valence-corrected chi connectivity index (χ1v) is 6.70. The quantitative estimate of drug-likeness (QED) is 0.829. The molecule has 0 N–H and O–H groups in total. The van der Waals surface area contributed by atoms with Gasteiger partial charge in [-0.25, -0.2) is 4.98 Å². The van der Waals surface area contributed by atoms with E-state index in [9.17, 15) is 13.2 Å². The minimum absolute atomic E-state index is 0.486. The fourth-order valence-corrected chi connectivity index (χ4v) is 3.00. The van der Waals surface area contributed by atoms with Crippen molar-refractivity contribution < 1.29 is 13.2 Å². The standard InChI is InChI=1S/C11H16F3N3S/c1-16(2)8-3-5-17(6-4-8)10-15-9(7-18-10)11(12,13)14/h7-8H,3-6H2,1-2H3. The van der Waals surface area contributed by atoms with Gasteiger partial charge in [0.05, 0.1) is 0 Å². The zero-order chi connectivity index (χ0) is 13.3. The van der Waals surface area contributed by atoms with Crippen LogP contribution in [0, 0.1) is 0 Å². The van der Waals surface area contributed by atoms with E-state index in [2.05, 4.69) is 9.88 Å². The van der Waals surface area contributed by atoms with Crippen LogP contribution in [0.15, 0.2) is 5.38 Å². The second-order valence-corrected chi connectivity index (χ2v) is 5.53. The Kier molecular flexibility index (Phi) is 3.82. The van der Waals surface area contributed by atoms with Crippen molar-refractivity contribution in [3.8, 4) is 0 Å². The van der Waals surface area contributed by atoms with E-state index >= 15 is 0 Å². The Morgan fingerprint density at radius 1 is 1.33 bits per heavy atom. The number of aromatic nitrogens is 1. The fraction of sp³-hybridized carbons (Fsp3) is 0.727. The Hall–Kier alpha value is -0.820. The normalized spacial score (nSPS) is 18.7. The molecular weight excluding hydrogens is 263 g/mol. The van der Waals surface area contributed by atoms with E-state index in [1.54, 1.807) is 0 Å². The highest BCUT2D eigenvalue weighted by Gasteiger charge is 2.34. The number of piperidine rings is 1. The highest BCUT2D eigenvalue weighted by atomic mass is 32.1. The molecule has 0 spiro atoms. The summed E-state index contributed by atoms with van der Waals surface area (Å²) in [5.74, 6) is 0. The van der Waals surface area contributed by atoms with Gasteiger partial charge in [-0.05, 0) is 26.9 Å². The van der Waals surface area contributed by atoms with Gasteiger partial charge < -0.3 is 9.80 Å². The van der Waals surface area contributed by atoms with E-state index in [1.165, 1.54) is 0 Å². The van der Waals surface area contributed by atoms with Crippen molar-refractivity contribution in [3.05, 3.63) is 11.1 Å². The molecule has 1 fully saturated rings. The molecule has 7 heteroatoms. The number of rotatable bonds is 2. The van der Waals surface area contributed by atoms with E-state index in [0.29, 0.717) is 11.2 Å². The van der Waals surface area contributed by atoms with Crippen molar-refractivity contribution in [1.82, 2.24) is 9.88 Å². The summed E-state index contributed by atoms with van der Waals surface area (Å²) in [5, 5.41) is 1.58. The van der Waals surface area contributed by atoms with Crippen LogP contribution in [0.1, 0.15) is 18.5 Å². The maximum Gasteiger partial charge on any atom is 0.434 e. The predicted octanol–water partition coefficient (Wildman–Crippen LogP) is 2.69. The summed E-state index contributed by atoms with van der Waals surface area (Å²) in [7, 11) is 4.07. The van der Waals surface area contributed by atoms with Gasteiger partial charge in [-0.2, -0.15) is 13.2 Å². The molecule has 0 amide bonds. The first kappa shape index (κ1) is 13.6. The molecule has 1 aromatic rings. The molecule has 1 aromatic heterocycles. The lowest BCUT2D eigenvalue weighted by Gasteiger charge is -2.35. The summed E-state index contributed by atoms with van der Waals surface area (Å²) in [6.07, 6.45) is -2.40. The van der Waals surface area contributed by atoms with Gasteiger partial charge in [-0.3, -0.25) is 0 Å². The molecule has 0 bridgehead atoms. The van der Waals surface area contributed by atoms with Crippen LogP contribution in [-0.4, -0.2) is 43.1 Å². The van der Waals surface area contributed by atoms with Crippen LogP contribution in [0.3, 0.4) is 0 Å². The van der Waals surface area contributed by atoms with Crippen LogP contribution in [0.5, 0.6) is 0 Å². The van der Waals surface area contributed by atoms with E-state index in [1.807, 2.05) is 19.0 Å². The number of thiazole rings is 1. The third kappa shape index (κ3) is 2.95. The summed E-state index contributed by atoms with van der Waals surface area (Å²) in [5.41, 5.74) is -0.780. The van der Waals surface area contributed by atoms with Gasteiger partial charge in [-0.15, -0.1) is 11.3 Å². The monoisotopic (exact) mass is 279 g/mol. The van der Waals surface area contributed by atoms with Crippen molar-refractivity contribution in [1.29, 1.82) is 0 Å². The molecule has 2 heterocycles. The average Bonchev–Trinajstić information content (AvgIpc) is 2.78. The van der Waals surface area contributed by atoms with Gasteiger partial charge in [0.1, 0.15) is 0 Å². The summed E-state index contributed by atoms with van der Waals surface area (Å²) in [4.78, 5) is 7.79. The van der Waals surface area contributed by atoms with Crippen molar-refractivity contribution in [3.63, 3.8) is 0 Å². The molecule has 0 saturated carbocycles. The van der Waals surface area contributed by atoms with E-state index in [4.69, 9.17) is 0 Å². The van der Waals surface area contributed by atoms with Crippen molar-refractivity contribution in [2.45, 2.75) is 25.1 Å². The second kappa shape index (κ2) is 5.05. The molecule has 1 aliphatic rings. The summed E-state index contributed by atoms with van der Waals surface area (Å²) in [6.45, 7) is 1.54. The van der Waals surface area contributed by atoms with Crippen LogP contribution in [0.25, 0.3) is 0 Å². The van der Waals surface area contributed by atoms with E-state index in [-0.39, 0.29) is 0 Å². The predicted molar refractivity (Wildman–Crippen MR) is 66.0 cm³/mol. The van der Waals surface area contributed by atoms with Crippen LogP contribution in [-0.2, 0) is 6.18 Å². The largest absolute Gasteiger partial charge is 0.434 e. The smallest absolute Gasteiger partial charge is 0.348 e. The minimum Gasteiger partial charge on any atom is -0.348 e. The first-order chi connectivity index (χ1) is 8.38.